The Morgan fingerprint density at radius 2 is 2.38 bits per heavy atom. The van der Waals surface area contributed by atoms with Crippen LogP contribution in [0, 0.1) is 0 Å². The molecule has 0 N–H and O–H groups in total. The van der Waals surface area contributed by atoms with E-state index < -0.39 is 0 Å². The largest absolute Gasteiger partial charge is 0.298 e. The molecule has 1 aromatic rings. The summed E-state index contributed by atoms with van der Waals surface area (Å²) >= 11 is 0. The second-order valence-electron chi connectivity index (χ2n) is 3.06. The minimum Gasteiger partial charge on any atom is -0.298 e. The van der Waals surface area contributed by atoms with E-state index >= 15 is 0 Å². The average molecular weight is 178 g/mol. The Balaban J connectivity index is 3.06. The molecule has 0 amide bonds. The summed E-state index contributed by atoms with van der Waals surface area (Å²) in [7, 11) is 1.88. The van der Waals surface area contributed by atoms with Gasteiger partial charge in [0.2, 0.25) is 0 Å². The molecule has 0 aliphatic rings. The lowest BCUT2D eigenvalue weighted by Crippen LogP contribution is -1.89. The van der Waals surface area contributed by atoms with Crippen LogP contribution in [0.4, 0.5) is 0 Å². The molecular weight excluding hydrogens is 164 g/mol. The molecule has 0 aromatic carbocycles. The van der Waals surface area contributed by atoms with Gasteiger partial charge >= 0.3 is 0 Å². The monoisotopic (exact) mass is 178 g/mol. The maximum Gasteiger partial charge on any atom is 0.145 e. The van der Waals surface area contributed by atoms with Crippen molar-refractivity contribution in [1.82, 2.24) is 9.78 Å². The molecule has 0 spiro atoms. The third-order valence-electron chi connectivity index (χ3n) is 1.84. The second kappa shape index (κ2) is 4.03. The molecule has 0 saturated heterocycles. The molecule has 3 heteroatoms. The SMILES string of the molecule is CCc1nn(C)cc1/C=C(/C)C=O. The molecular formula is C10H14N2O. The predicted molar refractivity (Wildman–Crippen MR) is 52.3 cm³/mol. The maximum atomic E-state index is 10.4. The van der Waals surface area contributed by atoms with Crippen molar-refractivity contribution in [1.29, 1.82) is 0 Å². The van der Waals surface area contributed by atoms with Crippen LogP contribution in [-0.2, 0) is 18.3 Å². The van der Waals surface area contributed by atoms with Crippen LogP contribution >= 0.6 is 0 Å². The van der Waals surface area contributed by atoms with Gasteiger partial charge in [-0.15, -0.1) is 0 Å². The molecule has 0 saturated carbocycles. The summed E-state index contributed by atoms with van der Waals surface area (Å²) in [6.45, 7) is 3.84. The van der Waals surface area contributed by atoms with Crippen LogP contribution in [0.25, 0.3) is 6.08 Å². The number of aryl methyl sites for hydroxylation is 2. The number of aldehydes is 1. The number of hydrogen-bond acceptors (Lipinski definition) is 2. The Hall–Kier alpha value is -1.38. The molecule has 1 heterocycles. The molecule has 0 unspecified atom stereocenters. The van der Waals surface area contributed by atoms with Crippen LogP contribution < -0.4 is 0 Å². The zero-order valence-corrected chi connectivity index (χ0v) is 8.24. The zero-order chi connectivity index (χ0) is 9.84. The van der Waals surface area contributed by atoms with Crippen molar-refractivity contribution in [3.8, 4) is 0 Å². The van der Waals surface area contributed by atoms with Crippen molar-refractivity contribution >= 4 is 12.4 Å². The number of aromatic nitrogens is 2. The van der Waals surface area contributed by atoms with Crippen molar-refractivity contribution in [2.24, 2.45) is 7.05 Å². The van der Waals surface area contributed by atoms with Crippen LogP contribution in [0.5, 0.6) is 0 Å². The average Bonchev–Trinajstić information content (AvgIpc) is 2.46. The Bertz CT molecular complexity index is 337. The first-order valence-corrected chi connectivity index (χ1v) is 4.33. The standard InChI is InChI=1S/C10H14N2O/c1-4-10-9(5-8(2)7-13)6-12(3)11-10/h5-7H,4H2,1-3H3/b8-5-. The number of allylic oxidation sites excluding steroid dienone is 1. The van der Waals surface area contributed by atoms with Gasteiger partial charge in [0.05, 0.1) is 5.69 Å². The zero-order valence-electron chi connectivity index (χ0n) is 8.24. The molecule has 13 heavy (non-hydrogen) atoms. The first-order valence-electron chi connectivity index (χ1n) is 4.33. The summed E-state index contributed by atoms with van der Waals surface area (Å²) in [5.74, 6) is 0. The lowest BCUT2D eigenvalue weighted by molar-refractivity contribution is -0.104. The quantitative estimate of drug-likeness (QED) is 0.520. The highest BCUT2D eigenvalue weighted by Gasteiger charge is 2.02. The van der Waals surface area contributed by atoms with Crippen LogP contribution in [-0.4, -0.2) is 16.1 Å². The molecule has 0 aliphatic heterocycles. The van der Waals surface area contributed by atoms with E-state index in [1.54, 1.807) is 11.6 Å². The van der Waals surface area contributed by atoms with Gasteiger partial charge in [-0.3, -0.25) is 9.48 Å². The topological polar surface area (TPSA) is 34.9 Å². The molecule has 0 radical (unpaired) electrons. The van der Waals surface area contributed by atoms with Gasteiger partial charge in [-0.25, -0.2) is 0 Å². The highest BCUT2D eigenvalue weighted by Crippen LogP contribution is 2.10. The van der Waals surface area contributed by atoms with Gasteiger partial charge in [0.1, 0.15) is 6.29 Å². The number of nitrogens with zero attached hydrogens (tertiary/aromatic N) is 2. The van der Waals surface area contributed by atoms with Crippen LogP contribution in [0.1, 0.15) is 25.1 Å². The van der Waals surface area contributed by atoms with E-state index in [4.69, 9.17) is 0 Å². The number of rotatable bonds is 3. The van der Waals surface area contributed by atoms with Crippen molar-refractivity contribution in [2.75, 3.05) is 0 Å². The number of carbonyl (C=O) groups is 1. The van der Waals surface area contributed by atoms with Gasteiger partial charge in [-0.05, 0) is 25.0 Å². The van der Waals surface area contributed by atoms with Crippen molar-refractivity contribution in [3.63, 3.8) is 0 Å². The molecule has 0 fully saturated rings. The molecule has 1 rings (SSSR count). The lowest BCUT2D eigenvalue weighted by Gasteiger charge is -1.91. The second-order valence-corrected chi connectivity index (χ2v) is 3.06. The van der Waals surface area contributed by atoms with Crippen molar-refractivity contribution in [2.45, 2.75) is 20.3 Å². The first-order chi connectivity index (χ1) is 6.17. The molecule has 0 atom stereocenters. The normalized spacial score (nSPS) is 11.8. The summed E-state index contributed by atoms with van der Waals surface area (Å²) in [5, 5.41) is 4.27. The minimum absolute atomic E-state index is 0.725. The number of carbonyl (C=O) groups excluding carboxylic acids is 1. The lowest BCUT2D eigenvalue weighted by atomic mass is 10.1. The van der Waals surface area contributed by atoms with E-state index in [1.807, 2.05) is 19.3 Å². The predicted octanol–water partition coefficient (Wildman–Crippen LogP) is 1.58. The Morgan fingerprint density at radius 3 is 2.92 bits per heavy atom. The summed E-state index contributed by atoms with van der Waals surface area (Å²) in [4.78, 5) is 10.4. The fourth-order valence-corrected chi connectivity index (χ4v) is 1.23. The first kappa shape index (κ1) is 9.71. The smallest absolute Gasteiger partial charge is 0.145 e. The Kier molecular flexibility index (Phi) is 3.01. The van der Waals surface area contributed by atoms with Gasteiger partial charge < -0.3 is 0 Å². The highest BCUT2D eigenvalue weighted by molar-refractivity contribution is 5.80. The van der Waals surface area contributed by atoms with Gasteiger partial charge in [-0.2, -0.15) is 5.10 Å². The van der Waals surface area contributed by atoms with Gasteiger partial charge in [0.15, 0.2) is 0 Å². The van der Waals surface area contributed by atoms with E-state index in [1.165, 1.54) is 0 Å². The van der Waals surface area contributed by atoms with E-state index in [-0.39, 0.29) is 0 Å². The van der Waals surface area contributed by atoms with Gasteiger partial charge in [-0.1, -0.05) is 6.92 Å². The summed E-state index contributed by atoms with van der Waals surface area (Å²) in [6.07, 6.45) is 5.52. The van der Waals surface area contributed by atoms with E-state index in [9.17, 15) is 4.79 Å². The molecule has 1 aromatic heterocycles. The number of hydrogen-bond donors (Lipinski definition) is 0. The Labute approximate surface area is 78.1 Å². The summed E-state index contributed by atoms with van der Waals surface area (Å²) in [6, 6.07) is 0. The van der Waals surface area contributed by atoms with Gasteiger partial charge in [0.25, 0.3) is 0 Å². The third kappa shape index (κ3) is 2.28. The van der Waals surface area contributed by atoms with Gasteiger partial charge in [0, 0.05) is 18.8 Å². The minimum atomic E-state index is 0.725. The van der Waals surface area contributed by atoms with Crippen LogP contribution in [0.2, 0.25) is 0 Å². The Morgan fingerprint density at radius 1 is 1.69 bits per heavy atom. The van der Waals surface area contributed by atoms with Crippen LogP contribution in [0.15, 0.2) is 11.8 Å². The fourth-order valence-electron chi connectivity index (χ4n) is 1.23. The van der Waals surface area contributed by atoms with Crippen molar-refractivity contribution < 1.29 is 4.79 Å². The van der Waals surface area contributed by atoms with Crippen molar-refractivity contribution in [3.05, 3.63) is 23.0 Å². The van der Waals surface area contributed by atoms with E-state index in [0.29, 0.717) is 0 Å². The molecule has 70 valence electrons. The highest BCUT2D eigenvalue weighted by atomic mass is 16.1. The maximum absolute atomic E-state index is 10.4. The summed E-state index contributed by atoms with van der Waals surface area (Å²) < 4.78 is 1.77. The van der Waals surface area contributed by atoms with E-state index in [0.717, 1.165) is 29.5 Å². The molecule has 0 aliphatic carbocycles. The third-order valence-corrected chi connectivity index (χ3v) is 1.84. The molecule has 0 bridgehead atoms. The van der Waals surface area contributed by atoms with Crippen LogP contribution in [0.3, 0.4) is 0 Å². The molecule has 3 nitrogen and oxygen atoms in total. The fraction of sp³-hybridized carbons (Fsp3) is 0.400. The van der Waals surface area contributed by atoms with E-state index in [2.05, 4.69) is 12.0 Å². The summed E-state index contributed by atoms with van der Waals surface area (Å²) in [5.41, 5.74) is 2.79.